The first-order valence-corrected chi connectivity index (χ1v) is 27.1. The zero-order chi connectivity index (χ0) is 52.2. The van der Waals surface area contributed by atoms with E-state index in [1.54, 1.807) is 0 Å². The van der Waals surface area contributed by atoms with Gasteiger partial charge in [0.2, 0.25) is 0 Å². The first-order chi connectivity index (χ1) is 39.1. The zero-order valence-electron chi connectivity index (χ0n) is 42.1. The largest absolute Gasteiger partial charge is 0.457 e. The molecular weight excluding hydrogens is 1040 g/mol. The fraction of sp³-hybridized carbons (Fsp3) is 0.0435. The lowest BCUT2D eigenvalue weighted by atomic mass is 9.66. The maximum absolute atomic E-state index is 6.58. The van der Waals surface area contributed by atoms with Crippen molar-refractivity contribution in [2.75, 3.05) is 0 Å². The van der Waals surface area contributed by atoms with E-state index in [0.29, 0.717) is 0 Å². The lowest BCUT2D eigenvalue weighted by Crippen LogP contribution is -2.32. The molecule has 79 heavy (non-hydrogen) atoms. The van der Waals surface area contributed by atoms with Crippen molar-refractivity contribution < 1.29 is 9.47 Å². The fourth-order valence-electron chi connectivity index (χ4n) is 13.3. The van der Waals surface area contributed by atoms with Crippen LogP contribution in [0.1, 0.15) is 55.6 Å². The summed E-state index contributed by atoms with van der Waals surface area (Å²) in [6, 6.07) is 67.4. The molecule has 2 aliphatic heterocycles. The first kappa shape index (κ1) is 45.3. The predicted octanol–water partition coefficient (Wildman–Crippen LogP) is 15.8. The van der Waals surface area contributed by atoms with Crippen molar-refractivity contribution >= 4 is 37.7 Å². The van der Waals surface area contributed by atoms with Crippen LogP contribution in [0.5, 0.6) is 23.0 Å². The molecule has 0 saturated heterocycles. The Labute approximate surface area is 462 Å². The molecule has 9 nitrogen and oxygen atoms in total. The lowest BCUT2D eigenvalue weighted by Gasteiger charge is -2.39. The molecule has 372 valence electrons. The molecule has 6 aromatic carbocycles. The van der Waals surface area contributed by atoms with E-state index < -0.39 is 10.8 Å². The highest BCUT2D eigenvalue weighted by molar-refractivity contribution is 9.10. The second kappa shape index (κ2) is 17.6. The lowest BCUT2D eigenvalue weighted by molar-refractivity contribution is 0.436. The standard InChI is InChI=1S/C34H20N4O.C23H13BrN2O.C12H9N/c1-3-11-28-22(7-1)23-15-18-35-20-29(23)38(28)21-13-14-31-27(19-21)34(24-8-2-4-12-30(24)39-31)25-9-5-16-36-32(25)33-26(34)10-6-17-37-33;24-14-9-10-20-18(13-14)23(15-5-1-2-8-19(15)27-20)16-6-3-11-25-21(16)22-17(23)7-4-12-26-22;1-2-4-11-9(3-1)7-10-8-13-6-5-12(10)11/h1-20H;1-13H;1-6,8H,7H2. The number of benzene rings is 6. The highest BCUT2D eigenvalue weighted by Crippen LogP contribution is 2.63. The predicted molar refractivity (Wildman–Crippen MR) is 311 cm³/mol. The second-order valence-corrected chi connectivity index (χ2v) is 21.1. The summed E-state index contributed by atoms with van der Waals surface area (Å²) in [5.41, 5.74) is 20.3. The number of halogens is 1. The van der Waals surface area contributed by atoms with E-state index in [0.717, 1.165) is 118 Å². The number of hydrogen-bond acceptors (Lipinski definition) is 8. The molecule has 0 radical (unpaired) electrons. The summed E-state index contributed by atoms with van der Waals surface area (Å²) in [6.45, 7) is 0. The Morgan fingerprint density at radius 2 is 0.848 bits per heavy atom. The van der Waals surface area contributed by atoms with Gasteiger partial charge in [-0.2, -0.15) is 0 Å². The van der Waals surface area contributed by atoms with Gasteiger partial charge in [-0.15, -0.1) is 0 Å². The normalized spacial score (nSPS) is 14.0. The van der Waals surface area contributed by atoms with Crippen molar-refractivity contribution in [1.82, 2.24) is 34.5 Å². The van der Waals surface area contributed by atoms with Crippen LogP contribution in [0.2, 0.25) is 0 Å². The van der Waals surface area contributed by atoms with Crippen LogP contribution >= 0.6 is 15.9 Å². The van der Waals surface area contributed by atoms with Gasteiger partial charge in [0, 0.05) is 93.0 Å². The molecule has 0 N–H and O–H groups in total. The molecule has 2 spiro atoms. The molecule has 0 bridgehead atoms. The first-order valence-electron chi connectivity index (χ1n) is 26.3. The summed E-state index contributed by atoms with van der Waals surface area (Å²) in [4.78, 5) is 27.7. The van der Waals surface area contributed by atoms with Crippen molar-refractivity contribution in [3.05, 3.63) is 304 Å². The number of rotatable bonds is 1. The van der Waals surface area contributed by atoms with Gasteiger partial charge in [-0.3, -0.25) is 29.9 Å². The molecule has 0 unspecified atom stereocenters. The highest BCUT2D eigenvalue weighted by Gasteiger charge is 2.54. The third-order valence-electron chi connectivity index (χ3n) is 16.4. The number of hydrogen-bond donors (Lipinski definition) is 0. The van der Waals surface area contributed by atoms with Gasteiger partial charge in [-0.25, -0.2) is 0 Å². The number of aromatic nitrogens is 7. The Morgan fingerprint density at radius 3 is 1.49 bits per heavy atom. The third-order valence-corrected chi connectivity index (χ3v) is 16.8. The summed E-state index contributed by atoms with van der Waals surface area (Å²) in [5.74, 6) is 3.43. The van der Waals surface area contributed by atoms with E-state index in [-0.39, 0.29) is 0 Å². The average molecular weight is 1080 g/mol. The summed E-state index contributed by atoms with van der Waals surface area (Å²) in [5, 5.41) is 2.38. The molecule has 18 rings (SSSR count). The van der Waals surface area contributed by atoms with Crippen molar-refractivity contribution in [1.29, 1.82) is 0 Å². The van der Waals surface area contributed by atoms with E-state index in [1.165, 1.54) is 33.0 Å². The monoisotopic (exact) mass is 1080 g/mol. The minimum absolute atomic E-state index is 0.485. The minimum atomic E-state index is -0.607. The third kappa shape index (κ3) is 6.49. The summed E-state index contributed by atoms with van der Waals surface area (Å²) in [6.07, 6.45) is 16.1. The second-order valence-electron chi connectivity index (χ2n) is 20.2. The van der Waals surface area contributed by atoms with E-state index in [2.05, 4.69) is 170 Å². The summed E-state index contributed by atoms with van der Waals surface area (Å²) >= 11 is 3.65. The number of pyridine rings is 6. The fourth-order valence-corrected chi connectivity index (χ4v) is 13.6. The van der Waals surface area contributed by atoms with Gasteiger partial charge < -0.3 is 14.0 Å². The van der Waals surface area contributed by atoms with Crippen molar-refractivity contribution in [2.24, 2.45) is 0 Å². The zero-order valence-corrected chi connectivity index (χ0v) is 43.7. The van der Waals surface area contributed by atoms with Crippen molar-refractivity contribution in [3.63, 3.8) is 0 Å². The molecule has 13 aromatic rings. The van der Waals surface area contributed by atoms with Gasteiger partial charge in [0.05, 0.1) is 50.8 Å². The molecule has 0 atom stereocenters. The van der Waals surface area contributed by atoms with Gasteiger partial charge in [0.25, 0.3) is 0 Å². The van der Waals surface area contributed by atoms with E-state index >= 15 is 0 Å². The summed E-state index contributed by atoms with van der Waals surface area (Å²) < 4.78 is 16.2. The molecule has 7 aromatic heterocycles. The van der Waals surface area contributed by atoms with Crippen molar-refractivity contribution in [2.45, 2.75) is 17.3 Å². The van der Waals surface area contributed by atoms with Crippen molar-refractivity contribution in [3.8, 4) is 62.6 Å². The maximum atomic E-state index is 6.58. The molecule has 0 amide bonds. The highest BCUT2D eigenvalue weighted by atomic mass is 79.9. The van der Waals surface area contributed by atoms with Gasteiger partial charge in [-0.05, 0) is 136 Å². The molecule has 10 heteroatoms. The van der Waals surface area contributed by atoms with Crippen LogP contribution in [0.4, 0.5) is 0 Å². The Hall–Kier alpha value is -9.90. The smallest absolute Gasteiger partial charge is 0.132 e. The number of para-hydroxylation sites is 3. The molecule has 5 aliphatic rings. The van der Waals surface area contributed by atoms with E-state index in [1.807, 2.05) is 104 Å². The minimum Gasteiger partial charge on any atom is -0.457 e. The van der Waals surface area contributed by atoms with Crippen LogP contribution in [0.25, 0.3) is 61.4 Å². The Balaban J connectivity index is 0.000000112. The number of ether oxygens (including phenoxy) is 2. The van der Waals surface area contributed by atoms with Gasteiger partial charge in [0.1, 0.15) is 23.0 Å². The Kier molecular flexibility index (Phi) is 10.1. The van der Waals surface area contributed by atoms with Crippen LogP contribution in [-0.4, -0.2) is 34.5 Å². The quantitative estimate of drug-likeness (QED) is 0.160. The maximum Gasteiger partial charge on any atom is 0.132 e. The van der Waals surface area contributed by atoms with Crippen LogP contribution in [0.3, 0.4) is 0 Å². The van der Waals surface area contributed by atoms with Crippen LogP contribution in [-0.2, 0) is 17.3 Å². The topological polar surface area (TPSA) is 101 Å². The molecule has 0 saturated carbocycles. The summed E-state index contributed by atoms with van der Waals surface area (Å²) in [7, 11) is 0. The van der Waals surface area contributed by atoms with Gasteiger partial charge in [-0.1, -0.05) is 119 Å². The van der Waals surface area contributed by atoms with Gasteiger partial charge >= 0.3 is 0 Å². The molecule has 3 aliphatic carbocycles. The Morgan fingerprint density at radius 1 is 0.367 bits per heavy atom. The number of fused-ring (bicyclic) bond motifs is 24. The van der Waals surface area contributed by atoms with Crippen LogP contribution < -0.4 is 9.47 Å². The average Bonchev–Trinajstić information content (AvgIpc) is 3.17. The Bertz CT molecular complexity index is 4480. The van der Waals surface area contributed by atoms with E-state index in [9.17, 15) is 0 Å². The van der Waals surface area contributed by atoms with E-state index in [4.69, 9.17) is 29.4 Å². The SMILES string of the molecule is Brc1ccc2c(c1)C1(c3ccccc3O2)c2cccnc2-c2ncccc21.c1ccc2c(c1)Cc1cnccc1-2.c1ccc2c(c1)Oc1ccc(-n3c4ccccc4c4ccncc43)cc1C21c2cccnc2-c2ncccc21. The molecule has 0 fully saturated rings. The molecular formula is C69H42BrN7O2. The molecule has 9 heterocycles. The van der Waals surface area contributed by atoms with Crippen LogP contribution in [0, 0.1) is 0 Å². The number of nitrogens with zero attached hydrogens (tertiary/aromatic N) is 7. The van der Waals surface area contributed by atoms with Gasteiger partial charge in [0.15, 0.2) is 0 Å². The van der Waals surface area contributed by atoms with Crippen LogP contribution in [0.15, 0.2) is 248 Å².